The summed E-state index contributed by atoms with van der Waals surface area (Å²) < 4.78 is 0. The third kappa shape index (κ3) is 1.74. The van der Waals surface area contributed by atoms with E-state index in [2.05, 4.69) is 23.9 Å². The fourth-order valence-corrected chi connectivity index (χ4v) is 4.41. The van der Waals surface area contributed by atoms with Crippen molar-refractivity contribution < 1.29 is 0 Å². The summed E-state index contributed by atoms with van der Waals surface area (Å²) in [4.78, 5) is 8.23. The van der Waals surface area contributed by atoms with Crippen molar-refractivity contribution in [2.75, 3.05) is 13.6 Å². The second kappa shape index (κ2) is 4.04. The van der Waals surface area contributed by atoms with Crippen LogP contribution in [0.3, 0.4) is 0 Å². The highest BCUT2D eigenvalue weighted by molar-refractivity contribution is 7.09. The van der Waals surface area contributed by atoms with Crippen molar-refractivity contribution in [2.24, 2.45) is 17.6 Å². The molecule has 0 aliphatic heterocycles. The predicted octanol–water partition coefficient (Wildman–Crippen LogP) is 2.01. The molecule has 0 radical (unpaired) electrons. The smallest absolute Gasteiger partial charge is 0.0798 e. The monoisotopic (exact) mass is 251 g/mol. The van der Waals surface area contributed by atoms with E-state index in [0.717, 1.165) is 24.9 Å². The maximum atomic E-state index is 6.10. The molecule has 1 heterocycles. The lowest BCUT2D eigenvalue weighted by Crippen LogP contribution is -2.52. The van der Waals surface area contributed by atoms with Crippen molar-refractivity contribution in [1.29, 1.82) is 0 Å². The van der Waals surface area contributed by atoms with Crippen LogP contribution in [0.2, 0.25) is 0 Å². The van der Waals surface area contributed by atoms with Gasteiger partial charge < -0.3 is 5.73 Å². The van der Waals surface area contributed by atoms with E-state index in [1.807, 2.05) is 5.51 Å². The Morgan fingerprint density at radius 2 is 2.47 bits per heavy atom. The van der Waals surface area contributed by atoms with E-state index >= 15 is 0 Å². The van der Waals surface area contributed by atoms with E-state index in [1.54, 1.807) is 11.3 Å². The van der Waals surface area contributed by atoms with Crippen LogP contribution in [-0.2, 0) is 6.54 Å². The molecule has 0 saturated heterocycles. The SMILES string of the molecule is Cc1ncsc1CN(C)C1(CN)CCC2CC21. The first-order valence-corrected chi connectivity index (χ1v) is 7.35. The average molecular weight is 251 g/mol. The van der Waals surface area contributed by atoms with Gasteiger partial charge in [-0.2, -0.15) is 0 Å². The van der Waals surface area contributed by atoms with E-state index in [1.165, 1.54) is 29.8 Å². The number of hydrogen-bond acceptors (Lipinski definition) is 4. The summed E-state index contributed by atoms with van der Waals surface area (Å²) >= 11 is 1.77. The van der Waals surface area contributed by atoms with E-state index in [9.17, 15) is 0 Å². The van der Waals surface area contributed by atoms with Crippen molar-refractivity contribution in [3.05, 3.63) is 16.1 Å². The Kier molecular flexibility index (Phi) is 2.76. The lowest BCUT2D eigenvalue weighted by molar-refractivity contribution is 0.102. The fourth-order valence-electron chi connectivity index (χ4n) is 3.58. The minimum Gasteiger partial charge on any atom is -0.329 e. The molecule has 2 saturated carbocycles. The summed E-state index contributed by atoms with van der Waals surface area (Å²) in [6.45, 7) is 3.92. The maximum Gasteiger partial charge on any atom is 0.0798 e. The number of likely N-dealkylation sites (N-methyl/N-ethyl adjacent to an activating group) is 1. The average Bonchev–Trinajstić information content (AvgIpc) is 2.86. The number of nitrogens with two attached hydrogens (primary N) is 1. The molecule has 2 aliphatic carbocycles. The molecule has 0 bridgehead atoms. The third-order valence-electron chi connectivity index (χ3n) is 4.90. The van der Waals surface area contributed by atoms with Crippen LogP contribution in [0, 0.1) is 18.8 Å². The van der Waals surface area contributed by atoms with Gasteiger partial charge in [0.15, 0.2) is 0 Å². The molecular weight excluding hydrogens is 230 g/mol. The Balaban J connectivity index is 1.77. The minimum atomic E-state index is 0.279. The molecule has 3 nitrogen and oxygen atoms in total. The standard InChI is InChI=1S/C13H21N3S/c1-9-12(17-8-15-9)6-16(2)13(7-14)4-3-10-5-11(10)13/h8,10-11H,3-7,14H2,1-2H3. The van der Waals surface area contributed by atoms with Gasteiger partial charge in [0, 0.05) is 23.5 Å². The molecule has 3 unspecified atom stereocenters. The quantitative estimate of drug-likeness (QED) is 0.890. The first-order chi connectivity index (χ1) is 8.17. The van der Waals surface area contributed by atoms with Gasteiger partial charge in [-0.05, 0) is 45.1 Å². The van der Waals surface area contributed by atoms with Crippen molar-refractivity contribution in [1.82, 2.24) is 9.88 Å². The van der Waals surface area contributed by atoms with Gasteiger partial charge >= 0.3 is 0 Å². The highest BCUT2D eigenvalue weighted by atomic mass is 32.1. The highest BCUT2D eigenvalue weighted by Gasteiger charge is 2.58. The van der Waals surface area contributed by atoms with E-state index in [4.69, 9.17) is 5.73 Å². The number of fused-ring (bicyclic) bond motifs is 1. The van der Waals surface area contributed by atoms with Crippen molar-refractivity contribution in [3.8, 4) is 0 Å². The van der Waals surface area contributed by atoms with Crippen LogP contribution in [0.4, 0.5) is 0 Å². The molecule has 1 aromatic heterocycles. The Morgan fingerprint density at radius 3 is 2.94 bits per heavy atom. The Labute approximate surface area is 107 Å². The second-order valence-electron chi connectivity index (χ2n) is 5.67. The number of aromatic nitrogens is 1. The highest BCUT2D eigenvalue weighted by Crippen LogP contribution is 2.59. The van der Waals surface area contributed by atoms with E-state index in [0.29, 0.717) is 0 Å². The van der Waals surface area contributed by atoms with E-state index in [-0.39, 0.29) is 5.54 Å². The molecular formula is C13H21N3S. The summed E-state index contributed by atoms with van der Waals surface area (Å²) in [5.74, 6) is 1.84. The van der Waals surface area contributed by atoms with Gasteiger partial charge in [0.1, 0.15) is 0 Å². The minimum absolute atomic E-state index is 0.279. The van der Waals surface area contributed by atoms with Gasteiger partial charge in [-0.3, -0.25) is 4.90 Å². The van der Waals surface area contributed by atoms with Gasteiger partial charge in [-0.1, -0.05) is 0 Å². The van der Waals surface area contributed by atoms with Crippen LogP contribution in [0.5, 0.6) is 0 Å². The largest absolute Gasteiger partial charge is 0.329 e. The zero-order valence-electron chi connectivity index (χ0n) is 10.6. The van der Waals surface area contributed by atoms with Crippen LogP contribution < -0.4 is 5.73 Å². The third-order valence-corrected chi connectivity index (χ3v) is 5.82. The molecule has 0 spiro atoms. The molecule has 94 valence electrons. The van der Waals surface area contributed by atoms with Gasteiger partial charge in [0.25, 0.3) is 0 Å². The summed E-state index contributed by atoms with van der Waals surface area (Å²) in [6, 6.07) is 0. The first-order valence-electron chi connectivity index (χ1n) is 6.47. The molecule has 3 rings (SSSR count). The van der Waals surface area contributed by atoms with Crippen LogP contribution >= 0.6 is 11.3 Å². The Morgan fingerprint density at radius 1 is 1.65 bits per heavy atom. The summed E-state index contributed by atoms with van der Waals surface area (Å²) in [5, 5.41) is 0. The van der Waals surface area contributed by atoms with Crippen molar-refractivity contribution in [2.45, 2.75) is 38.3 Å². The summed E-state index contributed by atoms with van der Waals surface area (Å²) in [5.41, 5.74) is 9.51. The Bertz CT molecular complexity index is 417. The zero-order chi connectivity index (χ0) is 12.0. The lowest BCUT2D eigenvalue weighted by Gasteiger charge is -2.39. The molecule has 3 atom stereocenters. The second-order valence-corrected chi connectivity index (χ2v) is 6.60. The first kappa shape index (κ1) is 11.6. The summed E-state index contributed by atoms with van der Waals surface area (Å²) in [7, 11) is 2.24. The van der Waals surface area contributed by atoms with Crippen LogP contribution in [0.25, 0.3) is 0 Å². The molecule has 4 heteroatoms. The molecule has 2 N–H and O–H groups in total. The van der Waals surface area contributed by atoms with Gasteiger partial charge in [0.2, 0.25) is 0 Å². The number of aryl methyl sites for hydroxylation is 1. The topological polar surface area (TPSA) is 42.2 Å². The van der Waals surface area contributed by atoms with Gasteiger partial charge in [-0.15, -0.1) is 11.3 Å². The predicted molar refractivity (Wildman–Crippen MR) is 70.9 cm³/mol. The zero-order valence-corrected chi connectivity index (χ0v) is 11.5. The maximum absolute atomic E-state index is 6.10. The van der Waals surface area contributed by atoms with Crippen molar-refractivity contribution >= 4 is 11.3 Å². The number of rotatable bonds is 4. The fraction of sp³-hybridized carbons (Fsp3) is 0.769. The molecule has 2 fully saturated rings. The van der Waals surface area contributed by atoms with Crippen molar-refractivity contribution in [3.63, 3.8) is 0 Å². The Hall–Kier alpha value is -0.450. The normalized spacial score (nSPS) is 35.3. The molecule has 2 aliphatic rings. The van der Waals surface area contributed by atoms with E-state index < -0.39 is 0 Å². The van der Waals surface area contributed by atoms with Gasteiger partial charge in [-0.25, -0.2) is 4.98 Å². The molecule has 0 aromatic carbocycles. The lowest BCUT2D eigenvalue weighted by atomic mass is 9.91. The molecule has 0 amide bonds. The summed E-state index contributed by atoms with van der Waals surface area (Å²) in [6.07, 6.45) is 4.07. The molecule has 1 aromatic rings. The number of thiazole rings is 1. The molecule has 17 heavy (non-hydrogen) atoms. The van der Waals surface area contributed by atoms with Gasteiger partial charge in [0.05, 0.1) is 11.2 Å². The van der Waals surface area contributed by atoms with Crippen LogP contribution in [-0.4, -0.2) is 29.0 Å². The number of nitrogens with zero attached hydrogens (tertiary/aromatic N) is 2. The number of hydrogen-bond donors (Lipinski definition) is 1. The van der Waals surface area contributed by atoms with Crippen LogP contribution in [0.1, 0.15) is 29.8 Å². The van der Waals surface area contributed by atoms with Crippen LogP contribution in [0.15, 0.2) is 5.51 Å².